The molecular weight excluding hydrogens is 190 g/mol. The number of hydrogen-bond donors (Lipinski definition) is 1. The summed E-state index contributed by atoms with van der Waals surface area (Å²) in [5.41, 5.74) is 0.941. The third-order valence-electron chi connectivity index (χ3n) is 2.29. The number of H-pyrrole nitrogens is 1. The van der Waals surface area contributed by atoms with Gasteiger partial charge >= 0.3 is 0 Å². The predicted molar refractivity (Wildman–Crippen MR) is 58.8 cm³/mol. The van der Waals surface area contributed by atoms with Crippen LogP contribution in [0.25, 0.3) is 11.0 Å². The van der Waals surface area contributed by atoms with Crippen molar-refractivity contribution in [2.45, 2.75) is 26.2 Å². The molecule has 0 aliphatic carbocycles. The average Bonchev–Trinajstić information content (AvgIpc) is 2.26. The minimum absolute atomic E-state index is 0.240. The number of aromatic amines is 1. The molecule has 0 fully saturated rings. The van der Waals surface area contributed by atoms with Crippen molar-refractivity contribution >= 4 is 11.0 Å². The molecule has 0 aromatic carbocycles. The average molecular weight is 203 g/mol. The van der Waals surface area contributed by atoms with Gasteiger partial charge in [0.15, 0.2) is 5.52 Å². The molecule has 0 atom stereocenters. The minimum Gasteiger partial charge on any atom is -0.342 e. The van der Waals surface area contributed by atoms with Crippen LogP contribution in [0.15, 0.2) is 23.1 Å². The fourth-order valence-electron chi connectivity index (χ4n) is 1.50. The van der Waals surface area contributed by atoms with Crippen LogP contribution in [0.3, 0.4) is 0 Å². The third-order valence-corrected chi connectivity index (χ3v) is 2.29. The molecular formula is C11H13N3O. The SMILES string of the molecule is CCCCc1nc(=O)c2ncccc2[nH]1. The van der Waals surface area contributed by atoms with Gasteiger partial charge in [-0.25, -0.2) is 4.98 Å². The van der Waals surface area contributed by atoms with E-state index in [1.165, 1.54) is 0 Å². The molecule has 0 unspecified atom stereocenters. The molecule has 0 amide bonds. The Bertz CT molecular complexity index is 518. The van der Waals surface area contributed by atoms with Gasteiger partial charge in [0, 0.05) is 12.6 Å². The Morgan fingerprint density at radius 1 is 1.47 bits per heavy atom. The lowest BCUT2D eigenvalue weighted by molar-refractivity contribution is 0.753. The summed E-state index contributed by atoms with van der Waals surface area (Å²) in [5.74, 6) is 0.752. The molecule has 0 spiro atoms. The predicted octanol–water partition coefficient (Wildman–Crippen LogP) is 1.66. The van der Waals surface area contributed by atoms with Crippen molar-refractivity contribution in [2.24, 2.45) is 0 Å². The number of aromatic nitrogens is 3. The number of unbranched alkanes of at least 4 members (excludes halogenated alkanes) is 1. The first-order valence-corrected chi connectivity index (χ1v) is 5.15. The van der Waals surface area contributed by atoms with Crippen molar-refractivity contribution in [3.63, 3.8) is 0 Å². The fraction of sp³-hybridized carbons (Fsp3) is 0.364. The summed E-state index contributed by atoms with van der Waals surface area (Å²) in [5, 5.41) is 0. The number of nitrogens with one attached hydrogen (secondary N) is 1. The molecule has 0 aliphatic rings. The van der Waals surface area contributed by atoms with Gasteiger partial charge in [-0.15, -0.1) is 0 Å². The molecule has 1 N–H and O–H groups in total. The zero-order valence-electron chi connectivity index (χ0n) is 8.66. The molecule has 2 aromatic rings. The largest absolute Gasteiger partial charge is 0.342 e. The van der Waals surface area contributed by atoms with Crippen LogP contribution >= 0.6 is 0 Å². The van der Waals surface area contributed by atoms with Crippen molar-refractivity contribution in [1.82, 2.24) is 15.0 Å². The number of fused-ring (bicyclic) bond motifs is 1. The lowest BCUT2D eigenvalue weighted by Crippen LogP contribution is -2.12. The second-order valence-electron chi connectivity index (χ2n) is 3.49. The van der Waals surface area contributed by atoms with Crippen LogP contribution in [0.2, 0.25) is 0 Å². The molecule has 0 bridgehead atoms. The maximum atomic E-state index is 11.6. The quantitative estimate of drug-likeness (QED) is 0.825. The van der Waals surface area contributed by atoms with Crippen LogP contribution in [-0.2, 0) is 6.42 Å². The highest BCUT2D eigenvalue weighted by molar-refractivity contribution is 5.72. The molecule has 4 nitrogen and oxygen atoms in total. The van der Waals surface area contributed by atoms with Crippen molar-refractivity contribution in [2.75, 3.05) is 0 Å². The number of aryl methyl sites for hydroxylation is 1. The van der Waals surface area contributed by atoms with E-state index in [9.17, 15) is 4.79 Å². The maximum Gasteiger partial charge on any atom is 0.299 e. The Morgan fingerprint density at radius 2 is 2.33 bits per heavy atom. The molecule has 0 saturated carbocycles. The summed E-state index contributed by atoms with van der Waals surface area (Å²) < 4.78 is 0. The highest BCUT2D eigenvalue weighted by atomic mass is 16.1. The number of nitrogens with zero attached hydrogens (tertiary/aromatic N) is 2. The molecule has 78 valence electrons. The monoisotopic (exact) mass is 203 g/mol. The first-order valence-electron chi connectivity index (χ1n) is 5.15. The summed E-state index contributed by atoms with van der Waals surface area (Å²) >= 11 is 0. The van der Waals surface area contributed by atoms with Crippen LogP contribution in [0.4, 0.5) is 0 Å². The lowest BCUT2D eigenvalue weighted by Gasteiger charge is -2.01. The van der Waals surface area contributed by atoms with Crippen LogP contribution in [-0.4, -0.2) is 15.0 Å². The first-order chi connectivity index (χ1) is 7.31. The van der Waals surface area contributed by atoms with E-state index >= 15 is 0 Å². The van der Waals surface area contributed by atoms with E-state index in [4.69, 9.17) is 0 Å². The number of hydrogen-bond acceptors (Lipinski definition) is 3. The Kier molecular flexibility index (Phi) is 2.76. The summed E-state index contributed by atoms with van der Waals surface area (Å²) in [4.78, 5) is 22.7. The zero-order valence-corrected chi connectivity index (χ0v) is 8.66. The standard InChI is InChI=1S/C11H13N3O/c1-2-3-6-9-13-8-5-4-7-12-10(8)11(15)14-9/h4-5,7H,2-3,6H2,1H3,(H,13,14,15). The van der Waals surface area contributed by atoms with E-state index in [-0.39, 0.29) is 5.56 Å². The van der Waals surface area contributed by atoms with E-state index in [0.29, 0.717) is 5.52 Å². The summed E-state index contributed by atoms with van der Waals surface area (Å²) in [6, 6.07) is 3.66. The van der Waals surface area contributed by atoms with Gasteiger partial charge in [0.25, 0.3) is 5.56 Å². The van der Waals surface area contributed by atoms with Gasteiger partial charge in [0.1, 0.15) is 5.82 Å². The Balaban J connectivity index is 2.48. The molecule has 2 heterocycles. The second kappa shape index (κ2) is 4.21. The minimum atomic E-state index is -0.240. The van der Waals surface area contributed by atoms with Crippen LogP contribution in [0.5, 0.6) is 0 Å². The smallest absolute Gasteiger partial charge is 0.299 e. The molecule has 2 rings (SSSR count). The molecule has 15 heavy (non-hydrogen) atoms. The van der Waals surface area contributed by atoms with E-state index in [0.717, 1.165) is 30.6 Å². The topological polar surface area (TPSA) is 58.6 Å². The van der Waals surface area contributed by atoms with E-state index < -0.39 is 0 Å². The maximum absolute atomic E-state index is 11.6. The molecule has 0 radical (unpaired) electrons. The van der Waals surface area contributed by atoms with Crippen LogP contribution in [0.1, 0.15) is 25.6 Å². The Morgan fingerprint density at radius 3 is 3.13 bits per heavy atom. The normalized spacial score (nSPS) is 10.7. The van der Waals surface area contributed by atoms with Crippen LogP contribution < -0.4 is 5.56 Å². The zero-order chi connectivity index (χ0) is 10.7. The summed E-state index contributed by atoms with van der Waals surface area (Å²) in [6.45, 7) is 2.11. The molecule has 0 saturated heterocycles. The van der Waals surface area contributed by atoms with Gasteiger partial charge in [-0.2, -0.15) is 4.98 Å². The van der Waals surface area contributed by atoms with Crippen molar-refractivity contribution in [3.8, 4) is 0 Å². The second-order valence-corrected chi connectivity index (χ2v) is 3.49. The third kappa shape index (κ3) is 2.03. The molecule has 0 aliphatic heterocycles. The van der Waals surface area contributed by atoms with E-state index in [2.05, 4.69) is 21.9 Å². The molecule has 4 heteroatoms. The lowest BCUT2D eigenvalue weighted by atomic mass is 10.2. The highest BCUT2D eigenvalue weighted by Crippen LogP contribution is 2.04. The van der Waals surface area contributed by atoms with Crippen molar-refractivity contribution in [3.05, 3.63) is 34.5 Å². The summed E-state index contributed by atoms with van der Waals surface area (Å²) in [6.07, 6.45) is 4.55. The Labute approximate surface area is 87.4 Å². The number of rotatable bonds is 3. The Hall–Kier alpha value is -1.71. The van der Waals surface area contributed by atoms with Gasteiger partial charge in [-0.05, 0) is 18.6 Å². The van der Waals surface area contributed by atoms with Gasteiger partial charge in [0.05, 0.1) is 5.52 Å². The van der Waals surface area contributed by atoms with Gasteiger partial charge in [-0.1, -0.05) is 13.3 Å². The highest BCUT2D eigenvalue weighted by Gasteiger charge is 2.03. The van der Waals surface area contributed by atoms with E-state index in [1.54, 1.807) is 6.20 Å². The first kappa shape index (κ1) is 9.83. The van der Waals surface area contributed by atoms with Crippen LogP contribution in [0, 0.1) is 0 Å². The van der Waals surface area contributed by atoms with Gasteiger partial charge < -0.3 is 4.98 Å². The number of pyridine rings is 1. The molecule has 2 aromatic heterocycles. The van der Waals surface area contributed by atoms with E-state index in [1.807, 2.05) is 12.1 Å². The van der Waals surface area contributed by atoms with Gasteiger partial charge in [0.2, 0.25) is 0 Å². The van der Waals surface area contributed by atoms with Crippen molar-refractivity contribution in [1.29, 1.82) is 0 Å². The summed E-state index contributed by atoms with van der Waals surface area (Å²) in [7, 11) is 0. The van der Waals surface area contributed by atoms with Gasteiger partial charge in [-0.3, -0.25) is 4.79 Å². The fourth-order valence-corrected chi connectivity index (χ4v) is 1.50. The van der Waals surface area contributed by atoms with Crippen molar-refractivity contribution < 1.29 is 0 Å².